The third-order valence-electron chi connectivity index (χ3n) is 5.44. The molecule has 1 fully saturated rings. The minimum atomic E-state index is 0.559. The molecule has 1 nitrogen and oxygen atoms in total. The molecule has 90 valence electrons. The van der Waals surface area contributed by atoms with E-state index in [9.17, 15) is 0 Å². The number of quaternary nitrogens is 1. The smallest absolute Gasteiger partial charge is 0.117 e. The monoisotopic (exact) mass is 220 g/mol. The molecule has 1 saturated heterocycles. The molecule has 3 rings (SSSR count). The minimum Gasteiger partial charge on any atom is -0.326 e. The predicted octanol–water partition coefficient (Wildman–Crippen LogP) is 2.33. The van der Waals surface area contributed by atoms with E-state index in [0.29, 0.717) is 5.54 Å². The molecule has 3 aliphatic rings. The van der Waals surface area contributed by atoms with Crippen molar-refractivity contribution in [2.24, 2.45) is 5.92 Å². The molecule has 0 amide bonds. The van der Waals surface area contributed by atoms with Crippen molar-refractivity contribution in [2.75, 3.05) is 13.1 Å². The van der Waals surface area contributed by atoms with Crippen LogP contribution in [-0.2, 0) is 0 Å². The van der Waals surface area contributed by atoms with Gasteiger partial charge in [-0.25, -0.2) is 0 Å². The van der Waals surface area contributed by atoms with Gasteiger partial charge in [0, 0.05) is 18.8 Å². The van der Waals surface area contributed by atoms with E-state index in [-0.39, 0.29) is 0 Å². The first-order valence-corrected chi connectivity index (χ1v) is 7.30. The number of hydrogen-bond acceptors (Lipinski definition) is 0. The van der Waals surface area contributed by atoms with Crippen LogP contribution in [0.25, 0.3) is 0 Å². The van der Waals surface area contributed by atoms with Crippen LogP contribution in [0.4, 0.5) is 0 Å². The first-order chi connectivity index (χ1) is 7.74. The molecule has 3 atom stereocenters. The largest absolute Gasteiger partial charge is 0.326 e. The standard InChI is InChI=1S/C15H25N/c1-3-5-12-10-15(2)14-7-4-6-13(14)8-9-16(15)11-12/h12H,3-11H2,1-2H3/p+1/t12-,15-/m1/s1. The number of fused-ring (bicyclic) bond motifs is 2. The van der Waals surface area contributed by atoms with Gasteiger partial charge in [-0.15, -0.1) is 0 Å². The summed E-state index contributed by atoms with van der Waals surface area (Å²) in [5, 5.41) is 0. The van der Waals surface area contributed by atoms with Gasteiger partial charge in [0.05, 0.1) is 13.1 Å². The van der Waals surface area contributed by atoms with Gasteiger partial charge in [0.1, 0.15) is 5.54 Å². The van der Waals surface area contributed by atoms with Crippen molar-refractivity contribution in [3.05, 3.63) is 11.1 Å². The van der Waals surface area contributed by atoms with Crippen LogP contribution in [-0.4, -0.2) is 18.6 Å². The predicted molar refractivity (Wildman–Crippen MR) is 67.6 cm³/mol. The van der Waals surface area contributed by atoms with Crippen LogP contribution in [0.3, 0.4) is 0 Å². The van der Waals surface area contributed by atoms with Crippen molar-refractivity contribution in [2.45, 2.75) is 64.3 Å². The third-order valence-corrected chi connectivity index (χ3v) is 5.44. The van der Waals surface area contributed by atoms with Crippen LogP contribution in [0.5, 0.6) is 0 Å². The van der Waals surface area contributed by atoms with Crippen LogP contribution < -0.4 is 4.90 Å². The zero-order valence-electron chi connectivity index (χ0n) is 10.9. The van der Waals surface area contributed by atoms with Crippen LogP contribution in [0, 0.1) is 5.92 Å². The van der Waals surface area contributed by atoms with E-state index in [1.54, 1.807) is 0 Å². The quantitative estimate of drug-likeness (QED) is 0.681. The minimum absolute atomic E-state index is 0.559. The molecule has 0 saturated carbocycles. The fourth-order valence-corrected chi connectivity index (χ4v) is 4.74. The summed E-state index contributed by atoms with van der Waals surface area (Å²) >= 11 is 0. The van der Waals surface area contributed by atoms with Gasteiger partial charge in [0.25, 0.3) is 0 Å². The maximum absolute atomic E-state index is 2.57. The molecule has 2 heterocycles. The van der Waals surface area contributed by atoms with Gasteiger partial charge in [-0.1, -0.05) is 18.9 Å². The van der Waals surface area contributed by atoms with Gasteiger partial charge in [0.2, 0.25) is 0 Å². The second-order valence-corrected chi connectivity index (χ2v) is 6.43. The maximum atomic E-state index is 2.57. The van der Waals surface area contributed by atoms with E-state index in [1.807, 2.05) is 16.0 Å². The Labute approximate surface area is 99.9 Å². The lowest BCUT2D eigenvalue weighted by atomic mass is 9.81. The Kier molecular flexibility index (Phi) is 2.62. The van der Waals surface area contributed by atoms with Crippen LogP contribution in [0.1, 0.15) is 58.8 Å². The first-order valence-electron chi connectivity index (χ1n) is 7.30. The van der Waals surface area contributed by atoms with Gasteiger partial charge in [-0.05, 0) is 38.2 Å². The highest BCUT2D eigenvalue weighted by molar-refractivity contribution is 5.30. The highest BCUT2D eigenvalue weighted by atomic mass is 15.2. The molecule has 0 spiro atoms. The van der Waals surface area contributed by atoms with Gasteiger partial charge >= 0.3 is 0 Å². The highest BCUT2D eigenvalue weighted by Crippen LogP contribution is 2.41. The van der Waals surface area contributed by atoms with Crippen LogP contribution >= 0.6 is 0 Å². The topological polar surface area (TPSA) is 4.44 Å². The van der Waals surface area contributed by atoms with E-state index in [1.165, 1.54) is 58.0 Å². The molecule has 0 bridgehead atoms. The first kappa shape index (κ1) is 10.8. The van der Waals surface area contributed by atoms with E-state index in [2.05, 4.69) is 13.8 Å². The summed E-state index contributed by atoms with van der Waals surface area (Å²) in [6.07, 6.45) is 10.0. The summed E-state index contributed by atoms with van der Waals surface area (Å²) < 4.78 is 0. The summed E-state index contributed by atoms with van der Waals surface area (Å²) in [5.74, 6) is 1.01. The van der Waals surface area contributed by atoms with E-state index < -0.39 is 0 Å². The van der Waals surface area contributed by atoms with Crippen LogP contribution in [0.2, 0.25) is 0 Å². The second kappa shape index (κ2) is 3.87. The van der Waals surface area contributed by atoms with Crippen molar-refractivity contribution in [1.29, 1.82) is 0 Å². The molecule has 16 heavy (non-hydrogen) atoms. The molecule has 0 radical (unpaired) electrons. The molecular formula is C15H26N+. The fourth-order valence-electron chi connectivity index (χ4n) is 4.74. The van der Waals surface area contributed by atoms with Gasteiger partial charge in [0.15, 0.2) is 0 Å². The van der Waals surface area contributed by atoms with Crippen molar-refractivity contribution < 1.29 is 4.90 Å². The van der Waals surface area contributed by atoms with Gasteiger partial charge in [-0.3, -0.25) is 0 Å². The lowest BCUT2D eigenvalue weighted by Crippen LogP contribution is -3.18. The summed E-state index contributed by atoms with van der Waals surface area (Å²) in [4.78, 5) is 1.92. The fraction of sp³-hybridized carbons (Fsp3) is 0.867. The number of hydrogen-bond donors (Lipinski definition) is 1. The lowest BCUT2D eigenvalue weighted by molar-refractivity contribution is -0.934. The molecule has 1 N–H and O–H groups in total. The summed E-state index contributed by atoms with van der Waals surface area (Å²) in [6, 6.07) is 0. The molecule has 0 aromatic rings. The Hall–Kier alpha value is -0.300. The molecule has 1 unspecified atom stereocenters. The van der Waals surface area contributed by atoms with E-state index in [4.69, 9.17) is 0 Å². The summed E-state index contributed by atoms with van der Waals surface area (Å²) in [7, 11) is 0. The molecular weight excluding hydrogens is 194 g/mol. The Morgan fingerprint density at radius 3 is 3.00 bits per heavy atom. The van der Waals surface area contributed by atoms with Crippen molar-refractivity contribution >= 4 is 0 Å². The van der Waals surface area contributed by atoms with E-state index in [0.717, 1.165) is 5.92 Å². The van der Waals surface area contributed by atoms with E-state index >= 15 is 0 Å². The molecule has 2 aliphatic heterocycles. The lowest BCUT2D eigenvalue weighted by Gasteiger charge is -2.38. The maximum Gasteiger partial charge on any atom is 0.117 e. The number of rotatable bonds is 2. The van der Waals surface area contributed by atoms with Crippen molar-refractivity contribution in [3.8, 4) is 0 Å². The second-order valence-electron chi connectivity index (χ2n) is 6.43. The SMILES string of the molecule is CCC[C@H]1C[NH+]2CCC3=C(CCC3)[C@@]2(C)C1. The highest BCUT2D eigenvalue weighted by Gasteiger charge is 2.51. The third kappa shape index (κ3) is 1.48. The van der Waals surface area contributed by atoms with Gasteiger partial charge < -0.3 is 4.90 Å². The van der Waals surface area contributed by atoms with Crippen molar-refractivity contribution in [3.63, 3.8) is 0 Å². The Morgan fingerprint density at radius 1 is 1.31 bits per heavy atom. The summed E-state index contributed by atoms with van der Waals surface area (Å²) in [5.41, 5.74) is 4.32. The van der Waals surface area contributed by atoms with Crippen LogP contribution in [0.15, 0.2) is 11.1 Å². The zero-order valence-corrected chi connectivity index (χ0v) is 10.9. The number of nitrogens with one attached hydrogen (secondary N) is 1. The Balaban J connectivity index is 1.85. The zero-order chi connectivity index (χ0) is 11.2. The molecule has 0 aromatic heterocycles. The molecule has 1 aliphatic carbocycles. The van der Waals surface area contributed by atoms with Crippen molar-refractivity contribution in [1.82, 2.24) is 0 Å². The average molecular weight is 220 g/mol. The van der Waals surface area contributed by atoms with Gasteiger partial charge in [-0.2, -0.15) is 0 Å². The molecule has 0 aromatic carbocycles. The summed E-state index contributed by atoms with van der Waals surface area (Å²) in [6.45, 7) is 7.80. The Bertz CT molecular complexity index is 317. The normalized spacial score (nSPS) is 42.4. The average Bonchev–Trinajstić information content (AvgIpc) is 2.81. The Morgan fingerprint density at radius 2 is 2.19 bits per heavy atom. The molecule has 1 heteroatoms.